The number of aromatic nitrogens is 2. The van der Waals surface area contributed by atoms with E-state index in [1.807, 2.05) is 0 Å². The van der Waals surface area contributed by atoms with Crippen LogP contribution in [0.1, 0.15) is 61.4 Å². The lowest BCUT2D eigenvalue weighted by Gasteiger charge is -2.34. The number of nitriles is 1. The minimum absolute atomic E-state index is 0.300. The van der Waals surface area contributed by atoms with E-state index in [1.165, 1.54) is 12.8 Å². The Labute approximate surface area is 175 Å². The fourth-order valence-corrected chi connectivity index (χ4v) is 4.54. The van der Waals surface area contributed by atoms with Crippen LogP contribution in [0.15, 0.2) is 40.3 Å². The van der Waals surface area contributed by atoms with Gasteiger partial charge in [-0.2, -0.15) is 5.26 Å². The zero-order valence-electron chi connectivity index (χ0n) is 16.6. The number of nitrogens with zero attached hydrogens (tertiary/aromatic N) is 4. The molecule has 29 heavy (non-hydrogen) atoms. The molecular formula is C22H25N5OS. The molecule has 3 aromatic rings. The van der Waals surface area contributed by atoms with Crippen LogP contribution >= 0.6 is 11.3 Å². The van der Waals surface area contributed by atoms with Crippen LogP contribution in [0.25, 0.3) is 0 Å². The molecular weight excluding hydrogens is 382 g/mol. The van der Waals surface area contributed by atoms with Gasteiger partial charge in [-0.05, 0) is 50.1 Å². The van der Waals surface area contributed by atoms with E-state index in [9.17, 15) is 0 Å². The minimum Gasteiger partial charge on any atom is -0.465 e. The molecule has 6 nitrogen and oxygen atoms in total. The molecule has 0 radical (unpaired) electrons. The molecule has 1 atom stereocenters. The van der Waals surface area contributed by atoms with Gasteiger partial charge >= 0.3 is 0 Å². The van der Waals surface area contributed by atoms with E-state index in [0.29, 0.717) is 17.4 Å². The highest BCUT2D eigenvalue weighted by Crippen LogP contribution is 2.34. The monoisotopic (exact) mass is 407 g/mol. The predicted octanol–water partition coefficient (Wildman–Crippen LogP) is 5.43. The molecule has 1 N–H and O–H groups in total. The van der Waals surface area contributed by atoms with Gasteiger partial charge in [0.2, 0.25) is 0 Å². The lowest BCUT2D eigenvalue weighted by atomic mass is 10.00. The van der Waals surface area contributed by atoms with Gasteiger partial charge in [0.05, 0.1) is 29.9 Å². The topological polar surface area (TPSA) is 78.0 Å². The summed E-state index contributed by atoms with van der Waals surface area (Å²) in [5.41, 5.74) is 1.67. The highest BCUT2D eigenvalue weighted by molar-refractivity contribution is 7.13. The van der Waals surface area contributed by atoms with Gasteiger partial charge in [0.25, 0.3) is 0 Å². The number of likely N-dealkylation sites (tertiary alicyclic amines) is 1. The fourth-order valence-electron chi connectivity index (χ4n) is 3.78. The van der Waals surface area contributed by atoms with Crippen molar-refractivity contribution < 1.29 is 4.42 Å². The zero-order valence-corrected chi connectivity index (χ0v) is 17.4. The first-order valence-electron chi connectivity index (χ1n) is 10.2. The van der Waals surface area contributed by atoms with Gasteiger partial charge in [-0.3, -0.25) is 4.90 Å². The average Bonchev–Trinajstić information content (AvgIpc) is 3.38. The molecule has 0 aromatic carbocycles. The van der Waals surface area contributed by atoms with E-state index >= 15 is 0 Å². The Morgan fingerprint density at radius 1 is 1.31 bits per heavy atom. The quantitative estimate of drug-likeness (QED) is 0.563. The van der Waals surface area contributed by atoms with Gasteiger partial charge in [-0.15, -0.1) is 11.3 Å². The number of hydrogen-bond donors (Lipinski definition) is 1. The third-order valence-electron chi connectivity index (χ3n) is 5.17. The summed E-state index contributed by atoms with van der Waals surface area (Å²) < 4.78 is 6.01. The van der Waals surface area contributed by atoms with Crippen LogP contribution in [0, 0.1) is 11.3 Å². The van der Waals surface area contributed by atoms with E-state index in [1.54, 1.807) is 29.7 Å². The molecule has 4 heterocycles. The predicted molar refractivity (Wildman–Crippen MR) is 114 cm³/mol. The SMILES string of the molecule is CCCc1ccc(CN2CCCC[C@H]2c2csc(Nc3cc(C#N)ccn3)n2)o1. The molecule has 3 aromatic heterocycles. The summed E-state index contributed by atoms with van der Waals surface area (Å²) in [4.78, 5) is 11.6. The summed E-state index contributed by atoms with van der Waals surface area (Å²) in [6.07, 6.45) is 7.25. The largest absolute Gasteiger partial charge is 0.465 e. The summed E-state index contributed by atoms with van der Waals surface area (Å²) in [6, 6.07) is 10.1. The molecule has 1 aliphatic heterocycles. The Morgan fingerprint density at radius 3 is 3.07 bits per heavy atom. The van der Waals surface area contributed by atoms with Gasteiger partial charge in [-0.25, -0.2) is 9.97 Å². The maximum atomic E-state index is 9.05. The second-order valence-corrected chi connectivity index (χ2v) is 8.20. The second kappa shape index (κ2) is 9.21. The zero-order chi connectivity index (χ0) is 20.1. The maximum Gasteiger partial charge on any atom is 0.188 e. The summed E-state index contributed by atoms with van der Waals surface area (Å²) in [6.45, 7) is 4.05. The van der Waals surface area contributed by atoms with Crippen molar-refractivity contribution in [3.05, 3.63) is 58.6 Å². The molecule has 1 fully saturated rings. The van der Waals surface area contributed by atoms with E-state index in [4.69, 9.17) is 14.7 Å². The number of pyridine rings is 1. The Morgan fingerprint density at radius 2 is 2.21 bits per heavy atom. The fraction of sp³-hybridized carbons (Fsp3) is 0.409. The number of rotatable bonds is 7. The van der Waals surface area contributed by atoms with E-state index in [2.05, 4.69) is 45.7 Å². The van der Waals surface area contributed by atoms with Crippen molar-refractivity contribution in [1.29, 1.82) is 5.26 Å². The summed E-state index contributed by atoms with van der Waals surface area (Å²) in [5.74, 6) is 2.75. The van der Waals surface area contributed by atoms with Gasteiger partial charge in [-0.1, -0.05) is 13.3 Å². The highest BCUT2D eigenvalue weighted by Gasteiger charge is 2.27. The van der Waals surface area contributed by atoms with Crippen LogP contribution in [-0.2, 0) is 13.0 Å². The number of thiazole rings is 1. The first-order valence-corrected chi connectivity index (χ1v) is 11.0. The Hall–Kier alpha value is -2.69. The summed E-state index contributed by atoms with van der Waals surface area (Å²) in [7, 11) is 0. The lowest BCUT2D eigenvalue weighted by Crippen LogP contribution is -2.33. The number of hydrogen-bond acceptors (Lipinski definition) is 7. The minimum atomic E-state index is 0.300. The Kier molecular flexibility index (Phi) is 6.23. The van der Waals surface area contributed by atoms with Crippen molar-refractivity contribution in [1.82, 2.24) is 14.9 Å². The van der Waals surface area contributed by atoms with E-state index in [0.717, 1.165) is 54.7 Å². The van der Waals surface area contributed by atoms with Crippen LogP contribution in [0.5, 0.6) is 0 Å². The standard InChI is InChI=1S/C22H25N5OS/c1-2-5-17-7-8-18(28-17)14-27-11-4-3-6-20(27)19-15-29-22(25-19)26-21-12-16(13-23)9-10-24-21/h7-10,12,15,20H,2-6,11,14H2,1H3,(H,24,25,26)/t20-/m0/s1. The van der Waals surface area contributed by atoms with Gasteiger partial charge in [0, 0.05) is 18.0 Å². The molecule has 0 spiro atoms. The van der Waals surface area contributed by atoms with Crippen LogP contribution in [0.4, 0.5) is 10.9 Å². The first kappa shape index (κ1) is 19.6. The molecule has 150 valence electrons. The summed E-state index contributed by atoms with van der Waals surface area (Å²) in [5, 5.41) is 15.2. The molecule has 1 aliphatic rings. The van der Waals surface area contributed by atoms with Gasteiger partial charge in [0.1, 0.15) is 17.3 Å². The normalized spacial score (nSPS) is 17.2. The number of piperidine rings is 1. The van der Waals surface area contributed by atoms with Crippen LogP contribution in [-0.4, -0.2) is 21.4 Å². The van der Waals surface area contributed by atoms with Gasteiger partial charge < -0.3 is 9.73 Å². The van der Waals surface area contributed by atoms with Gasteiger partial charge in [0.15, 0.2) is 5.13 Å². The van der Waals surface area contributed by atoms with Crippen molar-refractivity contribution in [2.45, 2.75) is 51.6 Å². The lowest BCUT2D eigenvalue weighted by molar-refractivity contribution is 0.127. The van der Waals surface area contributed by atoms with Crippen molar-refractivity contribution in [3.8, 4) is 6.07 Å². The molecule has 0 amide bonds. The van der Waals surface area contributed by atoms with Crippen molar-refractivity contribution in [3.63, 3.8) is 0 Å². The maximum absolute atomic E-state index is 9.05. The summed E-state index contributed by atoms with van der Waals surface area (Å²) >= 11 is 1.58. The molecule has 0 unspecified atom stereocenters. The number of aryl methyl sites for hydroxylation is 1. The molecule has 1 saturated heterocycles. The van der Waals surface area contributed by atoms with Crippen LogP contribution in [0.3, 0.4) is 0 Å². The van der Waals surface area contributed by atoms with E-state index < -0.39 is 0 Å². The van der Waals surface area contributed by atoms with Crippen molar-refractivity contribution in [2.24, 2.45) is 0 Å². The third-order valence-corrected chi connectivity index (χ3v) is 5.95. The molecule has 0 bridgehead atoms. The highest BCUT2D eigenvalue weighted by atomic mass is 32.1. The Bertz CT molecular complexity index is 989. The number of nitrogens with one attached hydrogen (secondary N) is 1. The number of furan rings is 1. The van der Waals surface area contributed by atoms with E-state index in [-0.39, 0.29) is 0 Å². The Balaban J connectivity index is 1.46. The molecule has 0 saturated carbocycles. The second-order valence-electron chi connectivity index (χ2n) is 7.34. The average molecular weight is 408 g/mol. The van der Waals surface area contributed by atoms with Crippen molar-refractivity contribution >= 4 is 22.3 Å². The smallest absolute Gasteiger partial charge is 0.188 e. The molecule has 0 aliphatic carbocycles. The number of anilines is 2. The van der Waals surface area contributed by atoms with Crippen LogP contribution in [0.2, 0.25) is 0 Å². The van der Waals surface area contributed by atoms with Crippen LogP contribution < -0.4 is 5.32 Å². The van der Waals surface area contributed by atoms with Crippen molar-refractivity contribution in [2.75, 3.05) is 11.9 Å². The third kappa shape index (κ3) is 4.84. The first-order chi connectivity index (χ1) is 14.2. The molecule has 7 heteroatoms. The molecule has 4 rings (SSSR count).